The Balaban J connectivity index is 2.19. The van der Waals surface area contributed by atoms with Gasteiger partial charge in [0.1, 0.15) is 5.25 Å². The van der Waals surface area contributed by atoms with Crippen molar-refractivity contribution >= 4 is 17.7 Å². The molecule has 1 aromatic heterocycles. The van der Waals surface area contributed by atoms with Crippen molar-refractivity contribution < 1.29 is 19.4 Å². The van der Waals surface area contributed by atoms with Gasteiger partial charge in [-0.1, -0.05) is 24.6 Å². The number of thioether (sulfide) groups is 1. The Kier molecular flexibility index (Phi) is 4.99. The summed E-state index contributed by atoms with van der Waals surface area (Å²) in [5.74, 6) is -0.675. The molecule has 0 bridgehead atoms. The lowest BCUT2D eigenvalue weighted by atomic mass is 10.0. The number of methoxy groups -OCH3 is 2. The van der Waals surface area contributed by atoms with Gasteiger partial charge in [0.05, 0.1) is 14.2 Å². The minimum Gasteiger partial charge on any atom is -0.480 e. The largest absolute Gasteiger partial charge is 0.480 e. The Hall–Kier alpha value is -1.57. The minimum atomic E-state index is -0.833. The van der Waals surface area contributed by atoms with Gasteiger partial charge in [0, 0.05) is 0 Å². The van der Waals surface area contributed by atoms with E-state index in [4.69, 9.17) is 9.47 Å². The van der Waals surface area contributed by atoms with Crippen LogP contribution in [0.25, 0.3) is 0 Å². The molecule has 1 aliphatic carbocycles. The average molecular weight is 299 g/mol. The van der Waals surface area contributed by atoms with Gasteiger partial charge in [0.25, 0.3) is 0 Å². The molecule has 20 heavy (non-hydrogen) atoms. The third kappa shape index (κ3) is 3.50. The molecule has 1 aliphatic rings. The van der Waals surface area contributed by atoms with Crippen molar-refractivity contribution in [2.75, 3.05) is 14.2 Å². The molecule has 0 aliphatic heterocycles. The summed E-state index contributed by atoms with van der Waals surface area (Å²) in [5.41, 5.74) is 0. The number of carboxylic acid groups (broad SMARTS) is 1. The number of aliphatic carboxylic acids is 1. The van der Waals surface area contributed by atoms with Crippen LogP contribution in [0, 0.1) is 5.92 Å². The molecular formula is C12H17N3O4S. The quantitative estimate of drug-likeness (QED) is 0.792. The minimum absolute atomic E-state index is 0.120. The molecule has 1 atom stereocenters. The zero-order valence-electron chi connectivity index (χ0n) is 11.4. The topological polar surface area (TPSA) is 94.4 Å². The highest BCUT2D eigenvalue weighted by Crippen LogP contribution is 2.36. The van der Waals surface area contributed by atoms with Crippen molar-refractivity contribution in [3.63, 3.8) is 0 Å². The first kappa shape index (κ1) is 14.8. The van der Waals surface area contributed by atoms with E-state index in [0.717, 1.165) is 37.4 Å². The maximum absolute atomic E-state index is 11.4. The smallest absolute Gasteiger partial charge is 0.323 e. The van der Waals surface area contributed by atoms with E-state index >= 15 is 0 Å². The van der Waals surface area contributed by atoms with E-state index in [1.807, 2.05) is 0 Å². The molecule has 7 nitrogen and oxygen atoms in total. The summed E-state index contributed by atoms with van der Waals surface area (Å²) in [7, 11) is 2.88. The first-order valence-corrected chi connectivity index (χ1v) is 7.25. The predicted octanol–water partition coefficient (Wildman–Crippen LogP) is 1.62. The molecule has 0 spiro atoms. The summed E-state index contributed by atoms with van der Waals surface area (Å²) in [6, 6.07) is 0.241. The molecule has 0 radical (unpaired) electrons. The number of rotatable bonds is 6. The Morgan fingerprint density at radius 3 is 2.20 bits per heavy atom. The second-order valence-electron chi connectivity index (χ2n) is 4.51. The van der Waals surface area contributed by atoms with Crippen LogP contribution in [0.5, 0.6) is 12.0 Å². The first-order valence-electron chi connectivity index (χ1n) is 6.37. The van der Waals surface area contributed by atoms with E-state index < -0.39 is 11.2 Å². The van der Waals surface area contributed by atoms with E-state index in [1.54, 1.807) is 0 Å². The van der Waals surface area contributed by atoms with E-state index in [-0.39, 0.29) is 17.9 Å². The number of nitrogens with zero attached hydrogens (tertiary/aromatic N) is 3. The number of carboxylic acids is 1. The Morgan fingerprint density at radius 2 is 1.75 bits per heavy atom. The van der Waals surface area contributed by atoms with Crippen LogP contribution < -0.4 is 9.47 Å². The third-order valence-electron chi connectivity index (χ3n) is 3.24. The van der Waals surface area contributed by atoms with Gasteiger partial charge in [0.15, 0.2) is 5.16 Å². The second-order valence-corrected chi connectivity index (χ2v) is 5.62. The molecule has 0 saturated heterocycles. The van der Waals surface area contributed by atoms with Crippen LogP contribution in [-0.2, 0) is 4.79 Å². The van der Waals surface area contributed by atoms with E-state index in [0.29, 0.717) is 5.16 Å². The van der Waals surface area contributed by atoms with Crippen LogP contribution in [0.2, 0.25) is 0 Å². The van der Waals surface area contributed by atoms with Crippen molar-refractivity contribution in [3.8, 4) is 12.0 Å². The molecule has 0 aromatic carbocycles. The van der Waals surface area contributed by atoms with E-state index in [9.17, 15) is 9.90 Å². The molecule has 1 fully saturated rings. The summed E-state index contributed by atoms with van der Waals surface area (Å²) in [4.78, 5) is 23.5. The van der Waals surface area contributed by atoms with Crippen molar-refractivity contribution in [3.05, 3.63) is 0 Å². The SMILES string of the molecule is COc1nc(OC)nc(SC(C(=O)O)C2CCCC2)n1. The van der Waals surface area contributed by atoms with Crippen molar-refractivity contribution in [2.24, 2.45) is 5.92 Å². The van der Waals surface area contributed by atoms with Gasteiger partial charge in [-0.2, -0.15) is 9.97 Å². The van der Waals surface area contributed by atoms with Crippen LogP contribution in [0.15, 0.2) is 5.16 Å². The highest BCUT2D eigenvalue weighted by Gasteiger charge is 2.32. The highest BCUT2D eigenvalue weighted by molar-refractivity contribution is 8.00. The second kappa shape index (κ2) is 6.74. The summed E-state index contributed by atoms with van der Waals surface area (Å²) >= 11 is 1.13. The van der Waals surface area contributed by atoms with Gasteiger partial charge in [-0.05, 0) is 18.8 Å². The Bertz CT molecular complexity index is 458. The predicted molar refractivity (Wildman–Crippen MR) is 72.2 cm³/mol. The molecule has 1 heterocycles. The maximum Gasteiger partial charge on any atom is 0.323 e. The molecule has 1 aromatic rings. The van der Waals surface area contributed by atoms with Crippen molar-refractivity contribution in [1.29, 1.82) is 0 Å². The summed E-state index contributed by atoms with van der Waals surface area (Å²) in [6.45, 7) is 0. The van der Waals surface area contributed by atoms with Gasteiger partial charge >= 0.3 is 18.0 Å². The average Bonchev–Trinajstić information content (AvgIpc) is 2.97. The highest BCUT2D eigenvalue weighted by atomic mass is 32.2. The van der Waals surface area contributed by atoms with Crippen molar-refractivity contribution in [1.82, 2.24) is 15.0 Å². The van der Waals surface area contributed by atoms with E-state index in [2.05, 4.69) is 15.0 Å². The molecule has 1 unspecified atom stereocenters. The summed E-state index contributed by atoms with van der Waals surface area (Å²) in [6.07, 6.45) is 4.03. The number of aromatic nitrogens is 3. The van der Waals surface area contributed by atoms with Gasteiger partial charge in [0.2, 0.25) is 0 Å². The number of hydrogen-bond acceptors (Lipinski definition) is 7. The van der Waals surface area contributed by atoms with Crippen LogP contribution in [0.3, 0.4) is 0 Å². The van der Waals surface area contributed by atoms with Gasteiger partial charge in [-0.25, -0.2) is 0 Å². The van der Waals surface area contributed by atoms with Crippen molar-refractivity contribution in [2.45, 2.75) is 36.1 Å². The molecule has 1 N–H and O–H groups in total. The number of ether oxygens (including phenoxy) is 2. The Labute approximate surface area is 121 Å². The normalized spacial score (nSPS) is 16.9. The van der Waals surface area contributed by atoms with Crippen LogP contribution in [0.1, 0.15) is 25.7 Å². The third-order valence-corrected chi connectivity index (χ3v) is 4.48. The molecular weight excluding hydrogens is 282 g/mol. The lowest BCUT2D eigenvalue weighted by Crippen LogP contribution is -2.25. The first-order chi connectivity index (χ1) is 9.63. The fourth-order valence-electron chi connectivity index (χ4n) is 2.28. The Morgan fingerprint density at radius 1 is 1.20 bits per heavy atom. The van der Waals surface area contributed by atoms with E-state index in [1.165, 1.54) is 14.2 Å². The molecule has 2 rings (SSSR count). The number of hydrogen-bond donors (Lipinski definition) is 1. The van der Waals surface area contributed by atoms with Crippen LogP contribution in [0.4, 0.5) is 0 Å². The van der Waals surface area contributed by atoms with Crippen LogP contribution >= 0.6 is 11.8 Å². The monoisotopic (exact) mass is 299 g/mol. The summed E-state index contributed by atoms with van der Waals surface area (Å²) in [5, 5.41) is 9.16. The standard InChI is InChI=1S/C12H17N3O4S/c1-18-10-13-11(19-2)15-12(14-10)20-8(9(16)17)7-5-3-4-6-7/h7-8H,3-6H2,1-2H3,(H,16,17). The maximum atomic E-state index is 11.4. The van der Waals surface area contributed by atoms with Gasteiger partial charge < -0.3 is 14.6 Å². The lowest BCUT2D eigenvalue weighted by Gasteiger charge is -2.17. The number of carbonyl (C=O) groups is 1. The molecule has 0 amide bonds. The lowest BCUT2D eigenvalue weighted by molar-refractivity contribution is -0.137. The zero-order chi connectivity index (χ0) is 14.5. The fourth-order valence-corrected chi connectivity index (χ4v) is 3.33. The van der Waals surface area contributed by atoms with Gasteiger partial charge in [-0.15, -0.1) is 4.98 Å². The molecule has 1 saturated carbocycles. The zero-order valence-corrected chi connectivity index (χ0v) is 12.2. The molecule has 110 valence electrons. The fraction of sp³-hybridized carbons (Fsp3) is 0.667. The summed E-state index contributed by atoms with van der Waals surface area (Å²) < 4.78 is 9.92. The van der Waals surface area contributed by atoms with Gasteiger partial charge in [-0.3, -0.25) is 4.79 Å². The molecule has 8 heteroatoms. The van der Waals surface area contributed by atoms with Crippen LogP contribution in [-0.4, -0.2) is 45.5 Å².